The molecule has 2 aliphatic rings. The summed E-state index contributed by atoms with van der Waals surface area (Å²) in [5, 5.41) is 11.1. The minimum atomic E-state index is -3.80. The van der Waals surface area contributed by atoms with Gasteiger partial charge in [0.2, 0.25) is 15.9 Å². The molecule has 26 heavy (non-hydrogen) atoms. The molecule has 2 saturated heterocycles. The first-order valence-electron chi connectivity index (χ1n) is 8.84. The van der Waals surface area contributed by atoms with Gasteiger partial charge >= 0.3 is 0 Å². The van der Waals surface area contributed by atoms with Crippen molar-refractivity contribution in [2.24, 2.45) is 5.92 Å². The zero-order chi connectivity index (χ0) is 18.9. The molecule has 0 spiro atoms. The van der Waals surface area contributed by atoms with Gasteiger partial charge in [-0.05, 0) is 38.7 Å². The van der Waals surface area contributed by atoms with E-state index in [2.05, 4.69) is 0 Å². The molecule has 9 heteroatoms. The third kappa shape index (κ3) is 3.59. The molecule has 0 bridgehead atoms. The van der Waals surface area contributed by atoms with E-state index in [0.717, 1.165) is 32.0 Å². The van der Waals surface area contributed by atoms with E-state index in [1.807, 2.05) is 4.90 Å². The quantitative estimate of drug-likeness (QED) is 0.586. The van der Waals surface area contributed by atoms with Gasteiger partial charge in [-0.3, -0.25) is 14.9 Å². The van der Waals surface area contributed by atoms with Gasteiger partial charge in [0, 0.05) is 43.7 Å². The zero-order valence-corrected chi connectivity index (χ0v) is 15.6. The number of hydrogen-bond acceptors (Lipinski definition) is 5. The Morgan fingerprint density at radius 2 is 1.77 bits per heavy atom. The molecule has 2 heterocycles. The van der Waals surface area contributed by atoms with E-state index in [-0.39, 0.29) is 35.5 Å². The summed E-state index contributed by atoms with van der Waals surface area (Å²) < 4.78 is 27.0. The van der Waals surface area contributed by atoms with Crippen LogP contribution in [0.1, 0.15) is 31.2 Å². The van der Waals surface area contributed by atoms with Crippen LogP contribution in [0.15, 0.2) is 23.1 Å². The second kappa shape index (κ2) is 7.32. The van der Waals surface area contributed by atoms with Gasteiger partial charge in [0.1, 0.15) is 0 Å². The van der Waals surface area contributed by atoms with Gasteiger partial charge in [0.25, 0.3) is 5.69 Å². The van der Waals surface area contributed by atoms with Crippen LogP contribution >= 0.6 is 0 Å². The van der Waals surface area contributed by atoms with Gasteiger partial charge in [-0.25, -0.2) is 8.42 Å². The summed E-state index contributed by atoms with van der Waals surface area (Å²) in [4.78, 5) is 24.8. The maximum Gasteiger partial charge on any atom is 0.273 e. The number of benzene rings is 1. The Morgan fingerprint density at radius 1 is 1.15 bits per heavy atom. The number of sulfonamides is 1. The lowest BCUT2D eigenvalue weighted by Gasteiger charge is -2.32. The molecule has 8 nitrogen and oxygen atoms in total. The lowest BCUT2D eigenvalue weighted by molar-refractivity contribution is -0.385. The van der Waals surface area contributed by atoms with E-state index in [0.29, 0.717) is 18.4 Å². The largest absolute Gasteiger partial charge is 0.342 e. The molecule has 0 aliphatic carbocycles. The fraction of sp³-hybridized carbons (Fsp3) is 0.588. The number of amides is 1. The van der Waals surface area contributed by atoms with Crippen molar-refractivity contribution in [3.8, 4) is 0 Å². The molecular weight excluding hydrogens is 358 g/mol. The van der Waals surface area contributed by atoms with Crippen molar-refractivity contribution in [1.82, 2.24) is 9.21 Å². The number of hydrogen-bond donors (Lipinski definition) is 0. The molecule has 142 valence electrons. The fourth-order valence-electron chi connectivity index (χ4n) is 3.63. The van der Waals surface area contributed by atoms with Crippen LogP contribution in [0.5, 0.6) is 0 Å². The smallest absolute Gasteiger partial charge is 0.273 e. The summed E-state index contributed by atoms with van der Waals surface area (Å²) in [5.41, 5.74) is 0.217. The number of carbonyl (C=O) groups is 1. The van der Waals surface area contributed by atoms with Crippen molar-refractivity contribution < 1.29 is 18.1 Å². The first-order valence-corrected chi connectivity index (χ1v) is 10.3. The van der Waals surface area contributed by atoms with Crippen LogP contribution in [0.3, 0.4) is 0 Å². The normalized spacial score (nSPS) is 19.7. The Kier molecular flexibility index (Phi) is 5.29. The van der Waals surface area contributed by atoms with Gasteiger partial charge in [-0.1, -0.05) is 6.07 Å². The molecule has 0 atom stereocenters. The van der Waals surface area contributed by atoms with Crippen LogP contribution in [-0.2, 0) is 14.8 Å². The molecule has 0 radical (unpaired) electrons. The maximum atomic E-state index is 12.8. The van der Waals surface area contributed by atoms with Crippen molar-refractivity contribution in [2.75, 3.05) is 26.2 Å². The second-order valence-electron chi connectivity index (χ2n) is 6.92. The first-order chi connectivity index (χ1) is 12.3. The fourth-order valence-corrected chi connectivity index (χ4v) is 5.12. The number of piperidine rings is 1. The highest BCUT2D eigenvalue weighted by molar-refractivity contribution is 7.89. The monoisotopic (exact) mass is 381 g/mol. The van der Waals surface area contributed by atoms with Crippen LogP contribution in [0, 0.1) is 23.0 Å². The van der Waals surface area contributed by atoms with E-state index >= 15 is 0 Å². The maximum absolute atomic E-state index is 12.8. The molecular formula is C17H23N3O5S. The van der Waals surface area contributed by atoms with Gasteiger partial charge in [0.15, 0.2) is 0 Å². The lowest BCUT2D eigenvalue weighted by Crippen LogP contribution is -2.43. The summed E-state index contributed by atoms with van der Waals surface area (Å²) in [7, 11) is -3.80. The van der Waals surface area contributed by atoms with Gasteiger partial charge < -0.3 is 4.90 Å². The summed E-state index contributed by atoms with van der Waals surface area (Å²) in [6, 6.07) is 3.97. The molecule has 3 rings (SSSR count). The van der Waals surface area contributed by atoms with Crippen molar-refractivity contribution in [1.29, 1.82) is 0 Å². The van der Waals surface area contributed by atoms with Gasteiger partial charge in [0.05, 0.1) is 9.82 Å². The van der Waals surface area contributed by atoms with E-state index in [1.165, 1.54) is 16.4 Å². The molecule has 1 aromatic rings. The summed E-state index contributed by atoms with van der Waals surface area (Å²) >= 11 is 0. The Labute approximate surface area is 153 Å². The Balaban J connectivity index is 1.71. The van der Waals surface area contributed by atoms with E-state index in [1.54, 1.807) is 6.92 Å². The predicted octanol–water partition coefficient (Wildman–Crippen LogP) is 1.93. The minimum absolute atomic E-state index is 0.0703. The Morgan fingerprint density at radius 3 is 2.35 bits per heavy atom. The number of aryl methyl sites for hydroxylation is 1. The highest BCUT2D eigenvalue weighted by Crippen LogP contribution is 2.28. The topological polar surface area (TPSA) is 101 Å². The lowest BCUT2D eigenvalue weighted by atomic mass is 9.97. The SMILES string of the molecule is Cc1ccc(S(=O)(=O)N2CCC(C(=O)N3CCCC3)CC2)cc1[N+](=O)[O-]. The van der Waals surface area contributed by atoms with Crippen LogP contribution in [-0.4, -0.2) is 54.6 Å². The van der Waals surface area contributed by atoms with Crippen LogP contribution in [0.4, 0.5) is 5.69 Å². The molecule has 0 aromatic heterocycles. The van der Waals surface area contributed by atoms with E-state index < -0.39 is 14.9 Å². The van der Waals surface area contributed by atoms with Crippen molar-refractivity contribution in [3.05, 3.63) is 33.9 Å². The first kappa shape index (κ1) is 18.8. The Bertz CT molecular complexity index is 810. The molecule has 1 aromatic carbocycles. The summed E-state index contributed by atoms with van der Waals surface area (Å²) in [6.45, 7) is 3.68. The van der Waals surface area contributed by atoms with Crippen molar-refractivity contribution in [2.45, 2.75) is 37.5 Å². The zero-order valence-electron chi connectivity index (χ0n) is 14.8. The van der Waals surface area contributed by atoms with Gasteiger partial charge in [-0.2, -0.15) is 4.31 Å². The number of rotatable bonds is 4. The third-order valence-electron chi connectivity index (χ3n) is 5.24. The summed E-state index contributed by atoms with van der Waals surface area (Å²) in [5.74, 6) is -0.00238. The van der Waals surface area contributed by atoms with Crippen LogP contribution in [0.2, 0.25) is 0 Å². The molecule has 1 amide bonds. The number of likely N-dealkylation sites (tertiary alicyclic amines) is 1. The molecule has 0 unspecified atom stereocenters. The predicted molar refractivity (Wildman–Crippen MR) is 95.1 cm³/mol. The van der Waals surface area contributed by atoms with E-state index in [4.69, 9.17) is 0 Å². The number of nitro groups is 1. The van der Waals surface area contributed by atoms with Crippen molar-refractivity contribution in [3.63, 3.8) is 0 Å². The second-order valence-corrected chi connectivity index (χ2v) is 8.85. The van der Waals surface area contributed by atoms with Crippen molar-refractivity contribution >= 4 is 21.6 Å². The van der Waals surface area contributed by atoms with Gasteiger partial charge in [-0.15, -0.1) is 0 Å². The van der Waals surface area contributed by atoms with Crippen LogP contribution in [0.25, 0.3) is 0 Å². The minimum Gasteiger partial charge on any atom is -0.342 e. The molecule has 2 aliphatic heterocycles. The average molecular weight is 381 g/mol. The number of nitrogens with zero attached hydrogens (tertiary/aromatic N) is 3. The molecule has 0 saturated carbocycles. The standard InChI is InChI=1S/C17H23N3O5S/c1-13-4-5-15(12-16(13)20(22)23)26(24,25)19-10-6-14(7-11-19)17(21)18-8-2-3-9-18/h4-5,12,14H,2-3,6-11H2,1H3. The number of nitro benzene ring substituents is 1. The van der Waals surface area contributed by atoms with E-state index in [9.17, 15) is 23.3 Å². The third-order valence-corrected chi connectivity index (χ3v) is 7.13. The number of carbonyl (C=O) groups excluding carboxylic acids is 1. The highest BCUT2D eigenvalue weighted by atomic mass is 32.2. The average Bonchev–Trinajstić information content (AvgIpc) is 3.16. The Hall–Kier alpha value is -2.00. The highest BCUT2D eigenvalue weighted by Gasteiger charge is 2.35. The van der Waals surface area contributed by atoms with Crippen LogP contribution < -0.4 is 0 Å². The molecule has 0 N–H and O–H groups in total. The molecule has 2 fully saturated rings. The summed E-state index contributed by atoms with van der Waals surface area (Å²) in [6.07, 6.45) is 3.04.